The van der Waals surface area contributed by atoms with E-state index < -0.39 is 0 Å². The molecule has 2 aromatic heterocycles. The molecule has 0 saturated carbocycles. The van der Waals surface area contributed by atoms with E-state index in [1.54, 1.807) is 60.3 Å². The van der Waals surface area contributed by atoms with E-state index in [1.165, 1.54) is 22.7 Å². The molecule has 0 aliphatic heterocycles. The topological polar surface area (TPSA) is 110 Å². The second-order valence-corrected chi connectivity index (χ2v) is 11.3. The molecule has 180 valence electrons. The minimum atomic E-state index is -0.250. The Hall–Kier alpha value is -2.57. The minimum Gasteiger partial charge on any atom is -0.296 e. The average Bonchev–Trinajstić information content (AvgIpc) is 3.49. The quantitative estimate of drug-likeness (QED) is 0.237. The van der Waals surface area contributed by atoms with Gasteiger partial charge in [0.2, 0.25) is 10.3 Å². The van der Waals surface area contributed by atoms with Crippen molar-refractivity contribution in [1.29, 1.82) is 0 Å². The summed E-state index contributed by atoms with van der Waals surface area (Å²) in [4.78, 5) is 24.5. The van der Waals surface area contributed by atoms with Gasteiger partial charge in [-0.3, -0.25) is 20.2 Å². The summed E-state index contributed by atoms with van der Waals surface area (Å²) in [5.41, 5.74) is 1.01. The van der Waals surface area contributed by atoms with Crippen LogP contribution in [0.5, 0.6) is 0 Å². The van der Waals surface area contributed by atoms with E-state index in [-0.39, 0.29) is 11.8 Å². The lowest BCUT2D eigenvalue weighted by atomic mass is 10.2. The molecule has 2 heterocycles. The van der Waals surface area contributed by atoms with E-state index in [1.807, 2.05) is 0 Å². The van der Waals surface area contributed by atoms with Crippen molar-refractivity contribution in [1.82, 2.24) is 20.4 Å². The first-order valence-corrected chi connectivity index (χ1v) is 13.9. The number of rotatable bonds is 10. The van der Waals surface area contributed by atoms with Crippen molar-refractivity contribution in [2.24, 2.45) is 0 Å². The maximum Gasteiger partial charge on any atom is 0.257 e. The van der Waals surface area contributed by atoms with E-state index >= 15 is 0 Å². The number of carbonyl (C=O) groups excluding carboxylic acids is 2. The lowest BCUT2D eigenvalue weighted by Crippen LogP contribution is -2.11. The smallest absolute Gasteiger partial charge is 0.257 e. The van der Waals surface area contributed by atoms with Gasteiger partial charge in [0.15, 0.2) is 0 Å². The largest absolute Gasteiger partial charge is 0.296 e. The van der Waals surface area contributed by atoms with Crippen LogP contribution in [0.3, 0.4) is 0 Å². The summed E-state index contributed by atoms with van der Waals surface area (Å²) in [6.07, 6.45) is 1.50. The molecule has 0 bridgehead atoms. The minimum absolute atomic E-state index is 0.250. The van der Waals surface area contributed by atoms with Crippen LogP contribution in [-0.2, 0) is 12.8 Å². The number of anilines is 2. The van der Waals surface area contributed by atoms with Crippen LogP contribution in [0.2, 0.25) is 10.0 Å². The van der Waals surface area contributed by atoms with Crippen LogP contribution in [0.4, 0.5) is 10.3 Å². The highest BCUT2D eigenvalue weighted by atomic mass is 35.5. The van der Waals surface area contributed by atoms with Crippen molar-refractivity contribution >= 4 is 79.7 Å². The zero-order valence-electron chi connectivity index (χ0n) is 18.0. The molecule has 0 saturated heterocycles. The van der Waals surface area contributed by atoms with E-state index in [0.29, 0.717) is 31.4 Å². The molecule has 0 spiro atoms. The highest BCUT2D eigenvalue weighted by Crippen LogP contribution is 2.21. The maximum atomic E-state index is 12.3. The van der Waals surface area contributed by atoms with Crippen molar-refractivity contribution in [2.75, 3.05) is 22.1 Å². The van der Waals surface area contributed by atoms with Crippen molar-refractivity contribution in [3.05, 3.63) is 79.7 Å². The Morgan fingerprint density at radius 3 is 1.49 bits per heavy atom. The fourth-order valence-electron chi connectivity index (χ4n) is 2.77. The molecule has 2 N–H and O–H groups in total. The Kier molecular flexibility index (Phi) is 9.05. The molecule has 0 atom stereocenters. The highest BCUT2D eigenvalue weighted by Gasteiger charge is 2.12. The van der Waals surface area contributed by atoms with Gasteiger partial charge < -0.3 is 0 Å². The first kappa shape index (κ1) is 25.5. The summed E-state index contributed by atoms with van der Waals surface area (Å²) in [5, 5.41) is 25.7. The SMILES string of the molecule is O=C(Nc1nnc(CCSCCc2nnc(NC(=O)c3ccc(Cl)cc3)s2)s1)c1ccc(Cl)cc1. The van der Waals surface area contributed by atoms with Crippen LogP contribution in [0.1, 0.15) is 30.7 Å². The first-order valence-electron chi connectivity index (χ1n) is 10.3. The first-order chi connectivity index (χ1) is 17.0. The molecule has 13 heteroatoms. The summed E-state index contributed by atoms with van der Waals surface area (Å²) in [6, 6.07) is 13.3. The van der Waals surface area contributed by atoms with Crippen LogP contribution < -0.4 is 10.6 Å². The number of aryl methyl sites for hydroxylation is 2. The third-order valence-electron chi connectivity index (χ3n) is 4.51. The molecule has 0 aliphatic rings. The number of halogens is 2. The van der Waals surface area contributed by atoms with Crippen LogP contribution in [0, 0.1) is 0 Å². The van der Waals surface area contributed by atoms with Gasteiger partial charge in [0, 0.05) is 34.0 Å². The third kappa shape index (κ3) is 7.71. The number of benzene rings is 2. The van der Waals surface area contributed by atoms with Gasteiger partial charge in [-0.25, -0.2) is 0 Å². The van der Waals surface area contributed by atoms with Gasteiger partial charge in [-0.15, -0.1) is 20.4 Å². The number of hydrogen-bond donors (Lipinski definition) is 2. The Morgan fingerprint density at radius 2 is 1.09 bits per heavy atom. The van der Waals surface area contributed by atoms with Crippen molar-refractivity contribution in [3.8, 4) is 0 Å². The second-order valence-electron chi connectivity index (χ2n) is 7.04. The van der Waals surface area contributed by atoms with Crippen molar-refractivity contribution < 1.29 is 9.59 Å². The summed E-state index contributed by atoms with van der Waals surface area (Å²) in [7, 11) is 0. The van der Waals surface area contributed by atoms with Crippen LogP contribution in [0.25, 0.3) is 0 Å². The average molecular weight is 566 g/mol. The van der Waals surface area contributed by atoms with Gasteiger partial charge in [0.1, 0.15) is 10.0 Å². The summed E-state index contributed by atoms with van der Waals surface area (Å²) < 4.78 is 0. The molecule has 35 heavy (non-hydrogen) atoms. The molecular formula is C22H18Cl2N6O2S3. The summed E-state index contributed by atoms with van der Waals surface area (Å²) >= 11 is 16.2. The van der Waals surface area contributed by atoms with E-state index in [4.69, 9.17) is 23.2 Å². The van der Waals surface area contributed by atoms with E-state index in [9.17, 15) is 9.59 Å². The zero-order chi connectivity index (χ0) is 24.6. The van der Waals surface area contributed by atoms with E-state index in [2.05, 4.69) is 31.0 Å². The van der Waals surface area contributed by atoms with E-state index in [0.717, 1.165) is 34.4 Å². The molecule has 8 nitrogen and oxygen atoms in total. The predicted octanol–water partition coefficient (Wildman–Crippen LogP) is 5.72. The third-order valence-corrected chi connectivity index (χ3v) is 7.79. The molecule has 0 fully saturated rings. The zero-order valence-corrected chi connectivity index (χ0v) is 22.0. The molecular weight excluding hydrogens is 547 g/mol. The van der Waals surface area contributed by atoms with Crippen molar-refractivity contribution in [3.63, 3.8) is 0 Å². The Morgan fingerprint density at radius 1 is 0.686 bits per heavy atom. The standard InChI is InChI=1S/C22H18Cl2N6O2S3/c23-15-5-1-13(2-6-15)19(31)25-21-29-27-17(34-21)9-11-33-12-10-18-28-30-22(35-18)26-20(32)14-3-7-16(24)8-4-14/h1-8H,9-12H2,(H,25,29,31)(H,26,30,32). The van der Waals surface area contributed by atoms with Crippen LogP contribution in [0.15, 0.2) is 48.5 Å². The van der Waals surface area contributed by atoms with Crippen molar-refractivity contribution in [2.45, 2.75) is 12.8 Å². The van der Waals surface area contributed by atoms with Gasteiger partial charge in [-0.1, -0.05) is 45.9 Å². The van der Waals surface area contributed by atoms with Gasteiger partial charge in [0.25, 0.3) is 11.8 Å². The normalized spacial score (nSPS) is 10.8. The van der Waals surface area contributed by atoms with Crippen LogP contribution >= 0.6 is 57.6 Å². The number of nitrogens with one attached hydrogen (secondary N) is 2. The number of carbonyl (C=O) groups is 2. The number of thioether (sulfide) groups is 1. The molecule has 0 unspecified atom stereocenters. The molecule has 0 aliphatic carbocycles. The second kappa shape index (κ2) is 12.4. The fraction of sp³-hybridized carbons (Fsp3) is 0.182. The van der Waals surface area contributed by atoms with Gasteiger partial charge >= 0.3 is 0 Å². The Bertz CT molecular complexity index is 1200. The van der Waals surface area contributed by atoms with Crippen LogP contribution in [-0.4, -0.2) is 43.7 Å². The molecule has 2 amide bonds. The molecule has 0 radical (unpaired) electrons. The fourth-order valence-corrected chi connectivity index (χ4v) is 5.63. The van der Waals surface area contributed by atoms with Gasteiger partial charge in [-0.05, 0) is 60.0 Å². The monoisotopic (exact) mass is 564 g/mol. The molecule has 2 aromatic carbocycles. The molecule has 4 aromatic rings. The summed E-state index contributed by atoms with van der Waals surface area (Å²) in [5.74, 6) is 1.22. The number of amides is 2. The van der Waals surface area contributed by atoms with Gasteiger partial charge in [0.05, 0.1) is 0 Å². The highest BCUT2D eigenvalue weighted by molar-refractivity contribution is 7.99. The number of aromatic nitrogens is 4. The lowest BCUT2D eigenvalue weighted by Gasteiger charge is -2.01. The Balaban J connectivity index is 1.15. The molecule has 4 rings (SSSR count). The van der Waals surface area contributed by atoms with Gasteiger partial charge in [-0.2, -0.15) is 11.8 Å². The maximum absolute atomic E-state index is 12.3. The number of nitrogens with zero attached hydrogens (tertiary/aromatic N) is 4. The lowest BCUT2D eigenvalue weighted by molar-refractivity contribution is 0.101. The Labute approximate surface area is 223 Å². The predicted molar refractivity (Wildman–Crippen MR) is 143 cm³/mol. The summed E-state index contributed by atoms with van der Waals surface area (Å²) in [6.45, 7) is 0. The number of hydrogen-bond acceptors (Lipinski definition) is 9.